The van der Waals surface area contributed by atoms with E-state index in [0.717, 1.165) is 31.6 Å². The third-order valence-electron chi connectivity index (χ3n) is 4.24. The highest BCUT2D eigenvalue weighted by Gasteiger charge is 2.29. The number of piperidine rings is 1. The number of aromatic nitrogens is 1. The highest BCUT2D eigenvalue weighted by Crippen LogP contribution is 2.24. The number of sulfonamides is 1. The van der Waals surface area contributed by atoms with Gasteiger partial charge in [0.05, 0.1) is 0 Å². The fourth-order valence-corrected chi connectivity index (χ4v) is 4.27. The van der Waals surface area contributed by atoms with Gasteiger partial charge in [-0.1, -0.05) is 13.8 Å². The number of rotatable bonds is 6. The molecule has 0 aromatic carbocycles. The summed E-state index contributed by atoms with van der Waals surface area (Å²) in [5.74, 6) is 0.626. The largest absolute Gasteiger partial charge is 0.349 e. The molecule has 5 nitrogen and oxygen atoms in total. The second kappa shape index (κ2) is 6.94. The normalized spacial score (nSPS) is 18.2. The summed E-state index contributed by atoms with van der Waals surface area (Å²) in [4.78, 5) is 0.437. The molecule has 0 bridgehead atoms. The molecule has 2 heterocycles. The van der Waals surface area contributed by atoms with Crippen molar-refractivity contribution in [2.75, 3.05) is 19.6 Å². The van der Waals surface area contributed by atoms with Crippen LogP contribution in [0, 0.1) is 5.92 Å². The van der Waals surface area contributed by atoms with Crippen molar-refractivity contribution in [2.45, 2.75) is 51.6 Å². The maximum Gasteiger partial charge on any atom is 0.244 e. The van der Waals surface area contributed by atoms with E-state index in [4.69, 9.17) is 0 Å². The van der Waals surface area contributed by atoms with Crippen molar-refractivity contribution in [3.63, 3.8) is 0 Å². The number of aryl methyl sites for hydroxylation is 1. The first kappa shape index (κ1) is 16.5. The first-order valence-corrected chi connectivity index (χ1v) is 9.33. The number of hydrogen-bond acceptors (Lipinski definition) is 3. The third kappa shape index (κ3) is 3.67. The Morgan fingerprint density at radius 1 is 1.29 bits per heavy atom. The van der Waals surface area contributed by atoms with E-state index in [1.54, 1.807) is 10.5 Å². The molecule has 6 heteroatoms. The first-order chi connectivity index (χ1) is 9.98. The minimum atomic E-state index is -3.34. The van der Waals surface area contributed by atoms with E-state index < -0.39 is 10.0 Å². The highest BCUT2D eigenvalue weighted by atomic mass is 32.2. The molecule has 0 atom stereocenters. The monoisotopic (exact) mass is 313 g/mol. The molecule has 0 spiro atoms. The minimum absolute atomic E-state index is 0.437. The van der Waals surface area contributed by atoms with Crippen LogP contribution in [-0.2, 0) is 23.1 Å². The Morgan fingerprint density at radius 2 is 1.95 bits per heavy atom. The Kier molecular flexibility index (Phi) is 5.46. The standard InChI is InChI=1S/C15H27N3O2S/c1-4-16-11-14-10-15(12-17(14)5-2)21(19,20)18-8-6-13(3)7-9-18/h10,12-13,16H,4-9,11H2,1-3H3. The van der Waals surface area contributed by atoms with Crippen LogP contribution in [0.4, 0.5) is 0 Å². The lowest BCUT2D eigenvalue weighted by Gasteiger charge is -2.29. The molecular weight excluding hydrogens is 286 g/mol. The second-order valence-electron chi connectivity index (χ2n) is 5.82. The van der Waals surface area contributed by atoms with Gasteiger partial charge < -0.3 is 9.88 Å². The Bertz CT molecular complexity index is 557. The summed E-state index contributed by atoms with van der Waals surface area (Å²) in [6, 6.07) is 1.82. The number of nitrogens with zero attached hydrogens (tertiary/aromatic N) is 2. The Hall–Kier alpha value is -0.850. The van der Waals surface area contributed by atoms with Crippen molar-refractivity contribution in [3.8, 4) is 0 Å². The van der Waals surface area contributed by atoms with E-state index >= 15 is 0 Å². The maximum atomic E-state index is 12.7. The van der Waals surface area contributed by atoms with Gasteiger partial charge in [0.25, 0.3) is 0 Å². The zero-order chi connectivity index (χ0) is 15.5. The highest BCUT2D eigenvalue weighted by molar-refractivity contribution is 7.89. The van der Waals surface area contributed by atoms with Crippen molar-refractivity contribution in [3.05, 3.63) is 18.0 Å². The van der Waals surface area contributed by atoms with Crippen LogP contribution in [0.1, 0.15) is 39.3 Å². The van der Waals surface area contributed by atoms with E-state index in [1.807, 2.05) is 24.5 Å². The molecule has 0 unspecified atom stereocenters. The molecule has 1 aromatic rings. The molecular formula is C15H27N3O2S. The molecule has 120 valence electrons. The molecule has 1 aliphatic rings. The molecule has 2 rings (SSSR count). The third-order valence-corrected chi connectivity index (χ3v) is 6.10. The second-order valence-corrected chi connectivity index (χ2v) is 7.76. The van der Waals surface area contributed by atoms with Crippen LogP contribution in [0.2, 0.25) is 0 Å². The lowest BCUT2D eigenvalue weighted by atomic mass is 10.0. The number of hydrogen-bond donors (Lipinski definition) is 1. The first-order valence-electron chi connectivity index (χ1n) is 7.89. The molecule has 0 saturated carbocycles. The Labute approximate surface area is 128 Å². The van der Waals surface area contributed by atoms with Crippen LogP contribution in [0.3, 0.4) is 0 Å². The predicted octanol–water partition coefficient (Wildman–Crippen LogP) is 2.04. The van der Waals surface area contributed by atoms with Crippen LogP contribution in [-0.4, -0.2) is 36.9 Å². The van der Waals surface area contributed by atoms with Gasteiger partial charge >= 0.3 is 0 Å². The summed E-state index contributed by atoms with van der Waals surface area (Å²) in [6.07, 6.45) is 3.69. The van der Waals surface area contributed by atoms with Crippen LogP contribution in [0.25, 0.3) is 0 Å². The zero-order valence-electron chi connectivity index (χ0n) is 13.3. The quantitative estimate of drug-likeness (QED) is 0.874. The van der Waals surface area contributed by atoms with E-state index in [2.05, 4.69) is 12.2 Å². The van der Waals surface area contributed by atoms with Crippen molar-refractivity contribution in [1.29, 1.82) is 0 Å². The molecule has 0 amide bonds. The van der Waals surface area contributed by atoms with Crippen LogP contribution < -0.4 is 5.32 Å². The predicted molar refractivity (Wildman–Crippen MR) is 84.6 cm³/mol. The fourth-order valence-electron chi connectivity index (χ4n) is 2.74. The Morgan fingerprint density at radius 3 is 2.52 bits per heavy atom. The summed E-state index contributed by atoms with van der Waals surface area (Å²) < 4.78 is 29.1. The molecule has 1 aromatic heterocycles. The minimum Gasteiger partial charge on any atom is -0.349 e. The summed E-state index contributed by atoms with van der Waals surface area (Å²) in [6.45, 7) is 9.92. The molecule has 1 aliphatic heterocycles. The van der Waals surface area contributed by atoms with Gasteiger partial charge in [-0.3, -0.25) is 0 Å². The van der Waals surface area contributed by atoms with E-state index in [0.29, 0.717) is 30.4 Å². The smallest absolute Gasteiger partial charge is 0.244 e. The molecule has 21 heavy (non-hydrogen) atoms. The summed E-state index contributed by atoms with van der Waals surface area (Å²) >= 11 is 0. The zero-order valence-corrected chi connectivity index (χ0v) is 14.1. The van der Waals surface area contributed by atoms with E-state index in [-0.39, 0.29) is 0 Å². The van der Waals surface area contributed by atoms with Gasteiger partial charge in [0.1, 0.15) is 4.90 Å². The van der Waals surface area contributed by atoms with Gasteiger partial charge in [-0.25, -0.2) is 8.42 Å². The lowest BCUT2D eigenvalue weighted by Crippen LogP contribution is -2.37. The summed E-state index contributed by atoms with van der Waals surface area (Å²) in [5.41, 5.74) is 1.03. The molecule has 1 N–H and O–H groups in total. The number of nitrogens with one attached hydrogen (secondary N) is 1. The van der Waals surface area contributed by atoms with E-state index in [9.17, 15) is 8.42 Å². The van der Waals surface area contributed by atoms with Crippen molar-refractivity contribution < 1.29 is 8.42 Å². The maximum absolute atomic E-state index is 12.7. The van der Waals surface area contributed by atoms with Gasteiger partial charge in [-0.05, 0) is 38.3 Å². The topological polar surface area (TPSA) is 54.3 Å². The van der Waals surface area contributed by atoms with E-state index in [1.165, 1.54) is 0 Å². The van der Waals surface area contributed by atoms with Crippen LogP contribution in [0.15, 0.2) is 17.2 Å². The Balaban J connectivity index is 2.21. The fraction of sp³-hybridized carbons (Fsp3) is 0.733. The lowest BCUT2D eigenvalue weighted by molar-refractivity contribution is 0.288. The average Bonchev–Trinajstić information content (AvgIpc) is 2.89. The summed E-state index contributed by atoms with van der Waals surface area (Å²) in [5, 5.41) is 3.26. The van der Waals surface area contributed by atoms with Gasteiger partial charge in [0.15, 0.2) is 0 Å². The van der Waals surface area contributed by atoms with Crippen molar-refractivity contribution in [2.24, 2.45) is 5.92 Å². The average molecular weight is 313 g/mol. The summed E-state index contributed by atoms with van der Waals surface area (Å²) in [7, 11) is -3.34. The van der Waals surface area contributed by atoms with Gasteiger partial charge in [0.2, 0.25) is 10.0 Å². The van der Waals surface area contributed by atoms with Crippen molar-refractivity contribution >= 4 is 10.0 Å². The molecule has 1 fully saturated rings. The molecule has 1 saturated heterocycles. The SMILES string of the molecule is CCNCc1cc(S(=O)(=O)N2CCC(C)CC2)cn1CC. The molecule has 0 aliphatic carbocycles. The van der Waals surface area contributed by atoms with Gasteiger partial charge in [0, 0.05) is 38.1 Å². The van der Waals surface area contributed by atoms with Crippen LogP contribution in [0.5, 0.6) is 0 Å². The van der Waals surface area contributed by atoms with Crippen molar-refractivity contribution in [1.82, 2.24) is 14.2 Å². The molecule has 0 radical (unpaired) electrons. The van der Waals surface area contributed by atoms with Gasteiger partial charge in [-0.2, -0.15) is 4.31 Å². The van der Waals surface area contributed by atoms with Gasteiger partial charge in [-0.15, -0.1) is 0 Å². The van der Waals surface area contributed by atoms with Crippen LogP contribution >= 0.6 is 0 Å².